The second kappa shape index (κ2) is 13.3. The molecule has 1 heterocycles. The number of aliphatic hydroxyl groups is 1. The maximum Gasteiger partial charge on any atom is 0.108 e. The third-order valence-electron chi connectivity index (χ3n) is 7.17. The van der Waals surface area contributed by atoms with E-state index in [9.17, 15) is 10.4 Å². The van der Waals surface area contributed by atoms with Gasteiger partial charge < -0.3 is 15.3 Å². The summed E-state index contributed by atoms with van der Waals surface area (Å²) in [5.41, 5.74) is 2.27. The van der Waals surface area contributed by atoms with Crippen molar-refractivity contribution in [1.29, 1.82) is 5.26 Å². The van der Waals surface area contributed by atoms with Gasteiger partial charge in [-0.1, -0.05) is 89.9 Å². The van der Waals surface area contributed by atoms with Crippen LogP contribution in [-0.4, -0.2) is 61.9 Å². The molecule has 0 aromatic heterocycles. The number of piperazine rings is 1. The Hall–Kier alpha value is -2.59. The molecular formula is C30H34Cl2N4O. The van der Waals surface area contributed by atoms with Crippen LogP contribution in [0.25, 0.3) is 0 Å². The first-order chi connectivity index (χ1) is 18.0. The minimum Gasteiger partial charge on any atom is -0.392 e. The zero-order valence-electron chi connectivity index (χ0n) is 21.0. The van der Waals surface area contributed by atoms with Gasteiger partial charge in [0.25, 0.3) is 0 Å². The highest BCUT2D eigenvalue weighted by atomic mass is 35.5. The predicted molar refractivity (Wildman–Crippen MR) is 153 cm³/mol. The van der Waals surface area contributed by atoms with Crippen LogP contribution in [0.3, 0.4) is 0 Å². The summed E-state index contributed by atoms with van der Waals surface area (Å²) in [7, 11) is 0. The Labute approximate surface area is 230 Å². The van der Waals surface area contributed by atoms with Gasteiger partial charge in [-0.2, -0.15) is 5.26 Å². The minimum absolute atomic E-state index is 0.405. The molecule has 7 heteroatoms. The topological polar surface area (TPSA) is 62.5 Å². The van der Waals surface area contributed by atoms with Gasteiger partial charge in [0.15, 0.2) is 0 Å². The van der Waals surface area contributed by atoms with Crippen LogP contribution >= 0.6 is 23.2 Å². The molecule has 1 saturated heterocycles. The zero-order chi connectivity index (χ0) is 26.1. The van der Waals surface area contributed by atoms with Crippen molar-refractivity contribution < 1.29 is 5.11 Å². The van der Waals surface area contributed by atoms with E-state index in [0.29, 0.717) is 42.5 Å². The molecular weight excluding hydrogens is 503 g/mol. The molecule has 194 valence electrons. The van der Waals surface area contributed by atoms with E-state index in [2.05, 4.69) is 21.2 Å². The molecule has 3 aromatic carbocycles. The first-order valence-electron chi connectivity index (χ1n) is 12.9. The molecule has 0 spiro atoms. The lowest BCUT2D eigenvalue weighted by Crippen LogP contribution is -2.49. The van der Waals surface area contributed by atoms with E-state index in [1.807, 2.05) is 72.8 Å². The molecule has 1 fully saturated rings. The fraction of sp³-hybridized carbons (Fsp3) is 0.367. The number of nitriles is 1. The lowest BCUT2D eigenvalue weighted by Gasteiger charge is -2.37. The van der Waals surface area contributed by atoms with Crippen molar-refractivity contribution in [2.45, 2.75) is 24.4 Å². The second-order valence-electron chi connectivity index (χ2n) is 9.55. The number of hydrogen-bond donors (Lipinski definition) is 2. The lowest BCUT2D eigenvalue weighted by molar-refractivity contribution is 0.102. The van der Waals surface area contributed by atoms with E-state index in [4.69, 9.17) is 23.2 Å². The van der Waals surface area contributed by atoms with Gasteiger partial charge in [-0.15, -0.1) is 0 Å². The zero-order valence-corrected chi connectivity index (χ0v) is 22.5. The summed E-state index contributed by atoms with van der Waals surface area (Å²) in [6, 6.07) is 28.3. The Kier molecular flexibility index (Phi) is 9.85. The van der Waals surface area contributed by atoms with Crippen LogP contribution in [0.15, 0.2) is 78.9 Å². The number of benzene rings is 3. The standard InChI is InChI=1S/C30H34Cl2N4O/c31-27-12-7-13-28(29(27)32)36-20-18-35(19-21-36)22-26(37)14-16-34-17-15-30(23-33,24-8-3-1-4-9-24)25-10-5-2-6-11-25/h1-13,26,34,37H,14-22H2. The Morgan fingerprint density at radius 1 is 0.865 bits per heavy atom. The largest absolute Gasteiger partial charge is 0.392 e. The minimum atomic E-state index is -0.709. The van der Waals surface area contributed by atoms with Gasteiger partial charge in [-0.3, -0.25) is 4.90 Å². The van der Waals surface area contributed by atoms with Crippen LogP contribution in [0, 0.1) is 11.3 Å². The summed E-state index contributed by atoms with van der Waals surface area (Å²) in [6.07, 6.45) is 0.913. The van der Waals surface area contributed by atoms with Crippen molar-refractivity contribution in [1.82, 2.24) is 10.2 Å². The molecule has 1 atom stereocenters. The normalized spacial score (nSPS) is 15.4. The van der Waals surface area contributed by atoms with Crippen LogP contribution in [-0.2, 0) is 5.41 Å². The average molecular weight is 538 g/mol. The molecule has 3 aromatic rings. The number of nitrogens with one attached hydrogen (secondary N) is 1. The lowest BCUT2D eigenvalue weighted by atomic mass is 9.73. The van der Waals surface area contributed by atoms with Gasteiger partial charge in [0.2, 0.25) is 0 Å². The van der Waals surface area contributed by atoms with Gasteiger partial charge in [0.1, 0.15) is 5.41 Å². The summed E-state index contributed by atoms with van der Waals surface area (Å²) in [5.74, 6) is 0. The Morgan fingerprint density at radius 2 is 1.49 bits per heavy atom. The third kappa shape index (κ3) is 6.84. The number of halogens is 2. The van der Waals surface area contributed by atoms with Gasteiger partial charge in [-0.25, -0.2) is 0 Å². The Bertz CT molecular complexity index is 1120. The highest BCUT2D eigenvalue weighted by Gasteiger charge is 2.33. The van der Waals surface area contributed by atoms with Crippen molar-refractivity contribution in [3.8, 4) is 6.07 Å². The van der Waals surface area contributed by atoms with Gasteiger partial charge >= 0.3 is 0 Å². The molecule has 0 amide bonds. The molecule has 1 unspecified atom stereocenters. The highest BCUT2D eigenvalue weighted by Crippen LogP contribution is 2.35. The van der Waals surface area contributed by atoms with E-state index in [1.54, 1.807) is 6.07 Å². The van der Waals surface area contributed by atoms with Crippen LogP contribution in [0.5, 0.6) is 0 Å². The molecule has 1 aliphatic heterocycles. The van der Waals surface area contributed by atoms with Crippen molar-refractivity contribution in [2.75, 3.05) is 50.7 Å². The second-order valence-corrected chi connectivity index (χ2v) is 10.3. The first-order valence-corrected chi connectivity index (χ1v) is 13.6. The monoisotopic (exact) mass is 536 g/mol. The Balaban J connectivity index is 1.23. The van der Waals surface area contributed by atoms with E-state index in [-0.39, 0.29) is 0 Å². The predicted octanol–water partition coefficient (Wildman–Crippen LogP) is 5.36. The van der Waals surface area contributed by atoms with E-state index >= 15 is 0 Å². The molecule has 5 nitrogen and oxygen atoms in total. The summed E-state index contributed by atoms with van der Waals surface area (Å²) >= 11 is 12.6. The quantitative estimate of drug-likeness (QED) is 0.323. The molecule has 4 rings (SSSR count). The summed E-state index contributed by atoms with van der Waals surface area (Å²) in [6.45, 7) is 5.46. The molecule has 1 aliphatic rings. The van der Waals surface area contributed by atoms with Crippen molar-refractivity contribution in [3.05, 3.63) is 100 Å². The fourth-order valence-electron chi connectivity index (χ4n) is 5.05. The van der Waals surface area contributed by atoms with Crippen LogP contribution < -0.4 is 10.2 Å². The molecule has 0 saturated carbocycles. The van der Waals surface area contributed by atoms with Gasteiger partial charge in [0.05, 0.1) is 27.9 Å². The van der Waals surface area contributed by atoms with E-state index < -0.39 is 11.5 Å². The van der Waals surface area contributed by atoms with Gasteiger partial charge in [0, 0.05) is 32.7 Å². The molecule has 37 heavy (non-hydrogen) atoms. The average Bonchev–Trinajstić information content (AvgIpc) is 2.94. The number of aliphatic hydroxyl groups excluding tert-OH is 1. The van der Waals surface area contributed by atoms with Crippen molar-refractivity contribution >= 4 is 28.9 Å². The van der Waals surface area contributed by atoms with Crippen molar-refractivity contribution in [2.24, 2.45) is 0 Å². The smallest absolute Gasteiger partial charge is 0.108 e. The molecule has 0 radical (unpaired) electrons. The van der Waals surface area contributed by atoms with E-state index in [1.165, 1.54) is 0 Å². The highest BCUT2D eigenvalue weighted by molar-refractivity contribution is 6.43. The Morgan fingerprint density at radius 3 is 2.08 bits per heavy atom. The number of nitrogens with zero attached hydrogens (tertiary/aromatic N) is 3. The SMILES string of the molecule is N#CC(CCNCCC(O)CN1CCN(c2cccc(Cl)c2Cl)CC1)(c1ccccc1)c1ccccc1. The number of rotatable bonds is 11. The molecule has 0 aliphatic carbocycles. The molecule has 2 N–H and O–H groups in total. The maximum absolute atomic E-state index is 10.6. The maximum atomic E-state index is 10.6. The summed E-state index contributed by atoms with van der Waals surface area (Å²) in [4.78, 5) is 4.55. The van der Waals surface area contributed by atoms with Crippen LogP contribution in [0.1, 0.15) is 24.0 Å². The number of β-amino-alcohol motifs (C(OH)–C–C–N with tert-alkyl or cyclic N) is 1. The van der Waals surface area contributed by atoms with Crippen LogP contribution in [0.2, 0.25) is 10.0 Å². The molecule has 0 bridgehead atoms. The van der Waals surface area contributed by atoms with Crippen LogP contribution in [0.4, 0.5) is 5.69 Å². The number of anilines is 1. The number of hydrogen-bond acceptors (Lipinski definition) is 5. The fourth-order valence-corrected chi connectivity index (χ4v) is 5.47. The summed E-state index contributed by atoms with van der Waals surface area (Å²) in [5, 5.41) is 25.6. The third-order valence-corrected chi connectivity index (χ3v) is 7.98. The first kappa shape index (κ1) is 27.4. The van der Waals surface area contributed by atoms with Crippen molar-refractivity contribution in [3.63, 3.8) is 0 Å². The van der Waals surface area contributed by atoms with Gasteiger partial charge in [-0.05, 0) is 49.2 Å². The van der Waals surface area contributed by atoms with E-state index in [0.717, 1.165) is 43.0 Å². The summed E-state index contributed by atoms with van der Waals surface area (Å²) < 4.78 is 0.